The normalized spacial score (nSPS) is 34.3. The Labute approximate surface area is 127 Å². The van der Waals surface area contributed by atoms with E-state index in [2.05, 4.69) is 20.8 Å². The van der Waals surface area contributed by atoms with Crippen LogP contribution in [-0.2, 0) is 14.3 Å². The summed E-state index contributed by atoms with van der Waals surface area (Å²) in [5.74, 6) is 0.570. The first-order chi connectivity index (χ1) is 9.67. The molecule has 0 aliphatic heterocycles. The molecule has 0 N–H and O–H groups in total. The largest absolute Gasteiger partial charge is 0.297 e. The fraction of sp³-hybridized carbons (Fsp3) is 0.647. The molecule has 0 unspecified atom stereocenters. The summed E-state index contributed by atoms with van der Waals surface area (Å²) in [4.78, 5) is 0.261. The molecule has 3 rings (SSSR count). The van der Waals surface area contributed by atoms with Crippen molar-refractivity contribution in [1.82, 2.24) is 0 Å². The predicted octanol–water partition coefficient (Wildman–Crippen LogP) is 3.92. The van der Waals surface area contributed by atoms with E-state index in [4.69, 9.17) is 4.18 Å². The van der Waals surface area contributed by atoms with Gasteiger partial charge in [-0.25, -0.2) is 0 Å². The Hall–Kier alpha value is -0.870. The highest BCUT2D eigenvalue weighted by molar-refractivity contribution is 7.86. The molecule has 0 heterocycles. The standard InChI is InChI=1S/C17H24O3S/c1-12-5-7-14(8-6-12)21(18,19)20-15-11-13-9-10-17(15,4)16(13,2)3/h5-8,13,15H,9-11H2,1-4H3/t13-,15+,17+/m0/s1. The lowest BCUT2D eigenvalue weighted by atomic mass is 9.70. The molecule has 0 saturated heterocycles. The van der Waals surface area contributed by atoms with Crippen LogP contribution in [0.25, 0.3) is 0 Å². The van der Waals surface area contributed by atoms with Gasteiger partial charge in [-0.3, -0.25) is 4.18 Å². The third kappa shape index (κ3) is 2.15. The highest BCUT2D eigenvalue weighted by atomic mass is 32.2. The van der Waals surface area contributed by atoms with Crippen molar-refractivity contribution in [3.63, 3.8) is 0 Å². The molecular formula is C17H24O3S. The van der Waals surface area contributed by atoms with Gasteiger partial charge < -0.3 is 0 Å². The van der Waals surface area contributed by atoms with Gasteiger partial charge in [-0.05, 0) is 49.7 Å². The van der Waals surface area contributed by atoms with E-state index in [1.807, 2.05) is 19.1 Å². The maximum Gasteiger partial charge on any atom is 0.297 e. The maximum atomic E-state index is 12.5. The fourth-order valence-electron chi connectivity index (χ4n) is 4.19. The van der Waals surface area contributed by atoms with Crippen LogP contribution in [0.2, 0.25) is 0 Å². The molecule has 2 aliphatic rings. The Kier molecular flexibility index (Phi) is 3.27. The van der Waals surface area contributed by atoms with E-state index in [9.17, 15) is 8.42 Å². The number of rotatable bonds is 3. The average Bonchev–Trinajstić information content (AvgIpc) is 2.72. The minimum Gasteiger partial charge on any atom is -0.262 e. The van der Waals surface area contributed by atoms with E-state index in [0.717, 1.165) is 18.4 Å². The summed E-state index contributed by atoms with van der Waals surface area (Å²) in [7, 11) is -3.67. The third-order valence-corrected chi connectivity index (χ3v) is 7.60. The Morgan fingerprint density at radius 3 is 2.24 bits per heavy atom. The Balaban J connectivity index is 1.86. The Morgan fingerprint density at radius 2 is 1.76 bits per heavy atom. The highest BCUT2D eigenvalue weighted by Crippen LogP contribution is 2.66. The molecule has 4 heteroatoms. The van der Waals surface area contributed by atoms with Crippen molar-refractivity contribution < 1.29 is 12.6 Å². The summed E-state index contributed by atoms with van der Waals surface area (Å²) >= 11 is 0. The second-order valence-electron chi connectivity index (χ2n) is 7.46. The second kappa shape index (κ2) is 4.56. The van der Waals surface area contributed by atoms with Crippen LogP contribution in [0.5, 0.6) is 0 Å². The van der Waals surface area contributed by atoms with Gasteiger partial charge in [0.25, 0.3) is 10.1 Å². The van der Waals surface area contributed by atoms with Gasteiger partial charge in [-0.1, -0.05) is 38.5 Å². The zero-order valence-electron chi connectivity index (χ0n) is 13.2. The summed E-state index contributed by atoms with van der Waals surface area (Å²) in [6.45, 7) is 8.64. The first-order valence-electron chi connectivity index (χ1n) is 7.67. The number of benzene rings is 1. The van der Waals surface area contributed by atoms with Gasteiger partial charge in [0, 0.05) is 5.41 Å². The molecule has 2 saturated carbocycles. The van der Waals surface area contributed by atoms with Crippen molar-refractivity contribution in [3.05, 3.63) is 29.8 Å². The van der Waals surface area contributed by atoms with Gasteiger partial charge >= 0.3 is 0 Å². The van der Waals surface area contributed by atoms with Crippen LogP contribution in [-0.4, -0.2) is 14.5 Å². The molecule has 1 aromatic rings. The molecule has 0 radical (unpaired) electrons. The SMILES string of the molecule is Cc1ccc(S(=O)(=O)O[C@@H]2C[C@@H]3CC[C@@]2(C)C3(C)C)cc1. The summed E-state index contributed by atoms with van der Waals surface area (Å²) in [6, 6.07) is 6.88. The van der Waals surface area contributed by atoms with Gasteiger partial charge in [-0.2, -0.15) is 8.42 Å². The number of fused-ring (bicyclic) bond motifs is 2. The van der Waals surface area contributed by atoms with Crippen LogP contribution in [0, 0.1) is 23.7 Å². The Bertz CT molecular complexity index is 645. The van der Waals surface area contributed by atoms with Crippen molar-refractivity contribution in [3.8, 4) is 0 Å². The van der Waals surface area contributed by atoms with E-state index in [-0.39, 0.29) is 21.8 Å². The van der Waals surface area contributed by atoms with Crippen LogP contribution in [0.1, 0.15) is 45.6 Å². The number of hydrogen-bond donors (Lipinski definition) is 0. The molecule has 2 aliphatic carbocycles. The molecule has 2 fully saturated rings. The minimum atomic E-state index is -3.67. The molecule has 2 bridgehead atoms. The lowest BCUT2D eigenvalue weighted by Gasteiger charge is -2.38. The lowest BCUT2D eigenvalue weighted by Crippen LogP contribution is -2.38. The van der Waals surface area contributed by atoms with E-state index < -0.39 is 10.1 Å². The zero-order chi connectivity index (χ0) is 15.5. The van der Waals surface area contributed by atoms with Crippen molar-refractivity contribution in [2.24, 2.45) is 16.7 Å². The Morgan fingerprint density at radius 1 is 1.14 bits per heavy atom. The van der Waals surface area contributed by atoms with Crippen LogP contribution in [0.4, 0.5) is 0 Å². The van der Waals surface area contributed by atoms with E-state index >= 15 is 0 Å². The second-order valence-corrected chi connectivity index (χ2v) is 9.03. The van der Waals surface area contributed by atoms with E-state index in [0.29, 0.717) is 5.92 Å². The number of aryl methyl sites for hydroxylation is 1. The molecule has 1 aromatic carbocycles. The van der Waals surface area contributed by atoms with Gasteiger partial charge in [0.05, 0.1) is 11.0 Å². The first kappa shape index (κ1) is 15.0. The smallest absolute Gasteiger partial charge is 0.262 e. The van der Waals surface area contributed by atoms with Gasteiger partial charge in [-0.15, -0.1) is 0 Å². The molecule has 0 amide bonds. The van der Waals surface area contributed by atoms with Gasteiger partial charge in [0.15, 0.2) is 0 Å². The van der Waals surface area contributed by atoms with Crippen LogP contribution in [0.3, 0.4) is 0 Å². The summed E-state index contributed by atoms with van der Waals surface area (Å²) in [5, 5.41) is 0. The zero-order valence-corrected chi connectivity index (χ0v) is 14.0. The summed E-state index contributed by atoms with van der Waals surface area (Å²) < 4.78 is 30.7. The molecular weight excluding hydrogens is 284 g/mol. The minimum absolute atomic E-state index is 0.0462. The first-order valence-corrected chi connectivity index (χ1v) is 9.08. The van der Waals surface area contributed by atoms with Crippen molar-refractivity contribution in [1.29, 1.82) is 0 Å². The molecule has 0 aromatic heterocycles. The van der Waals surface area contributed by atoms with Crippen LogP contribution >= 0.6 is 0 Å². The van der Waals surface area contributed by atoms with Gasteiger partial charge in [0.1, 0.15) is 0 Å². The monoisotopic (exact) mass is 308 g/mol. The highest BCUT2D eigenvalue weighted by Gasteiger charge is 2.62. The fourth-order valence-corrected chi connectivity index (χ4v) is 5.37. The van der Waals surface area contributed by atoms with E-state index in [1.54, 1.807) is 12.1 Å². The third-order valence-electron chi connectivity index (χ3n) is 6.27. The summed E-state index contributed by atoms with van der Waals surface area (Å²) in [5.41, 5.74) is 1.15. The van der Waals surface area contributed by atoms with Crippen LogP contribution in [0.15, 0.2) is 29.2 Å². The lowest BCUT2D eigenvalue weighted by molar-refractivity contribution is 0.0345. The molecule has 116 valence electrons. The maximum absolute atomic E-state index is 12.5. The van der Waals surface area contributed by atoms with Crippen molar-refractivity contribution >= 4 is 10.1 Å². The van der Waals surface area contributed by atoms with E-state index in [1.165, 1.54) is 6.42 Å². The molecule has 0 spiro atoms. The summed E-state index contributed by atoms with van der Waals surface area (Å²) in [6.07, 6.45) is 2.90. The molecule has 21 heavy (non-hydrogen) atoms. The topological polar surface area (TPSA) is 43.4 Å². The average molecular weight is 308 g/mol. The molecule has 3 nitrogen and oxygen atoms in total. The van der Waals surface area contributed by atoms with Gasteiger partial charge in [0.2, 0.25) is 0 Å². The van der Waals surface area contributed by atoms with Crippen molar-refractivity contribution in [2.75, 3.05) is 0 Å². The van der Waals surface area contributed by atoms with Crippen LogP contribution < -0.4 is 0 Å². The molecule has 3 atom stereocenters. The quantitative estimate of drug-likeness (QED) is 0.795. The number of hydrogen-bond acceptors (Lipinski definition) is 3. The van der Waals surface area contributed by atoms with Crippen molar-refractivity contribution in [2.45, 2.75) is 58.0 Å². The predicted molar refractivity (Wildman–Crippen MR) is 82.5 cm³/mol.